The highest BCUT2D eigenvalue weighted by Gasteiger charge is 2.18. The molecule has 0 saturated heterocycles. The van der Waals surface area contributed by atoms with E-state index in [-0.39, 0.29) is 0 Å². The number of benzene rings is 1. The zero-order valence-corrected chi connectivity index (χ0v) is 8.61. The molecule has 76 valence electrons. The van der Waals surface area contributed by atoms with Crippen LogP contribution in [0.25, 0.3) is 10.9 Å². The minimum absolute atomic E-state index is 0.303. The summed E-state index contributed by atoms with van der Waals surface area (Å²) in [4.78, 5) is 0.719. The van der Waals surface area contributed by atoms with E-state index in [0.717, 1.165) is 4.85 Å². The molecule has 0 aliphatic rings. The van der Waals surface area contributed by atoms with Crippen LogP contribution in [-0.4, -0.2) is 10.6 Å². The predicted molar refractivity (Wildman–Crippen MR) is 56.3 cm³/mol. The molecule has 0 aliphatic heterocycles. The van der Waals surface area contributed by atoms with Gasteiger partial charge in [-0.1, -0.05) is 17.0 Å². The highest BCUT2D eigenvalue weighted by molar-refractivity contribution is 6.17. The van der Waals surface area contributed by atoms with Crippen LogP contribution in [0, 0.1) is 16.5 Å². The molecule has 0 spiro atoms. The smallest absolute Gasteiger partial charge is 0.252 e. The van der Waals surface area contributed by atoms with Crippen LogP contribution < -0.4 is 4.85 Å². The molecule has 0 aliphatic carbocycles. The molecule has 0 unspecified atom stereocenters. The van der Waals surface area contributed by atoms with E-state index in [1.807, 2.05) is 6.07 Å². The fraction of sp³-hybridized carbons (Fsp3) is 0.200. The van der Waals surface area contributed by atoms with E-state index >= 15 is 0 Å². The van der Waals surface area contributed by atoms with Gasteiger partial charge < -0.3 is 5.21 Å². The van der Waals surface area contributed by atoms with Gasteiger partial charge in [0.2, 0.25) is 0 Å². The Hall–Kier alpha value is -1.73. The molecule has 4 nitrogen and oxygen atoms in total. The molecule has 1 heterocycles. The quantitative estimate of drug-likeness (QED) is 0.437. The maximum atomic E-state index is 11.8. The van der Waals surface area contributed by atoms with Gasteiger partial charge in [0.1, 0.15) is 6.07 Å². The first-order valence-electron chi connectivity index (χ1n) is 4.46. The van der Waals surface area contributed by atoms with Crippen LogP contribution >= 0.6 is 11.6 Å². The largest absolute Gasteiger partial charge is 0.595 e. The number of nitriles is 1. The Morgan fingerprint density at radius 3 is 2.87 bits per heavy atom. The highest BCUT2D eigenvalue weighted by atomic mass is 35.5. The fourth-order valence-electron chi connectivity index (χ4n) is 1.60. The van der Waals surface area contributed by atoms with E-state index in [9.17, 15) is 5.21 Å². The molecule has 0 fully saturated rings. The van der Waals surface area contributed by atoms with Gasteiger partial charge in [-0.25, -0.2) is 0 Å². The Morgan fingerprint density at radius 1 is 1.47 bits per heavy atom. The van der Waals surface area contributed by atoms with Crippen molar-refractivity contribution in [2.45, 2.75) is 6.54 Å². The van der Waals surface area contributed by atoms with Crippen molar-refractivity contribution in [1.82, 2.24) is 4.68 Å². The zero-order valence-electron chi connectivity index (χ0n) is 7.85. The summed E-state index contributed by atoms with van der Waals surface area (Å²) in [7, 11) is 0. The first-order chi connectivity index (χ1) is 7.29. The first-order valence-corrected chi connectivity index (χ1v) is 5.00. The number of para-hydroxylation sites is 1. The number of rotatable bonds is 2. The van der Waals surface area contributed by atoms with Crippen molar-refractivity contribution in [1.29, 1.82) is 5.26 Å². The van der Waals surface area contributed by atoms with Gasteiger partial charge >= 0.3 is 0 Å². The predicted octanol–water partition coefficient (Wildman–Crippen LogP) is 1.39. The van der Waals surface area contributed by atoms with Gasteiger partial charge in [0.15, 0.2) is 5.69 Å². The number of aromatic nitrogens is 2. The lowest BCUT2D eigenvalue weighted by Crippen LogP contribution is -2.38. The minimum atomic E-state index is 0.303. The SMILES string of the molecule is N#Cc1c2ccccc2[n+]([O-])n1CCCl. The molecule has 2 rings (SSSR count). The molecule has 0 atom stereocenters. The maximum Gasteiger partial charge on any atom is 0.252 e. The average molecular weight is 222 g/mol. The van der Waals surface area contributed by atoms with Crippen molar-refractivity contribution in [2.24, 2.45) is 0 Å². The maximum absolute atomic E-state index is 11.8. The number of fused-ring (bicyclic) bond motifs is 1. The van der Waals surface area contributed by atoms with E-state index in [1.165, 1.54) is 4.68 Å². The Labute approximate surface area is 91.5 Å². The molecule has 15 heavy (non-hydrogen) atoms. The van der Waals surface area contributed by atoms with Gasteiger partial charge in [-0.2, -0.15) is 5.26 Å². The van der Waals surface area contributed by atoms with E-state index in [1.54, 1.807) is 24.3 Å². The summed E-state index contributed by atoms with van der Waals surface area (Å²) in [5.74, 6) is 0.303. The van der Waals surface area contributed by atoms with Gasteiger partial charge in [-0.15, -0.1) is 16.3 Å². The van der Waals surface area contributed by atoms with Crippen molar-refractivity contribution in [3.63, 3.8) is 0 Å². The Balaban J connectivity index is 2.79. The van der Waals surface area contributed by atoms with Crippen LogP contribution in [0.5, 0.6) is 0 Å². The molecule has 0 N–H and O–H groups in total. The molecule has 5 heteroatoms. The summed E-state index contributed by atoms with van der Waals surface area (Å²) in [6.07, 6.45) is 0. The van der Waals surface area contributed by atoms with E-state index in [0.29, 0.717) is 29.0 Å². The monoisotopic (exact) mass is 221 g/mol. The molecule has 2 aromatic rings. The topological polar surface area (TPSA) is 55.7 Å². The van der Waals surface area contributed by atoms with Gasteiger partial charge in [0.05, 0.1) is 11.9 Å². The van der Waals surface area contributed by atoms with Crippen LogP contribution in [0.2, 0.25) is 0 Å². The summed E-state index contributed by atoms with van der Waals surface area (Å²) >= 11 is 5.58. The minimum Gasteiger partial charge on any atom is -0.595 e. The van der Waals surface area contributed by atoms with Crippen LogP contribution in [0.1, 0.15) is 5.69 Å². The van der Waals surface area contributed by atoms with Gasteiger partial charge in [-0.05, 0) is 6.07 Å². The summed E-state index contributed by atoms with van der Waals surface area (Å²) in [5.41, 5.74) is 0.861. The second-order valence-electron chi connectivity index (χ2n) is 3.06. The van der Waals surface area contributed by atoms with Crippen LogP contribution in [-0.2, 0) is 6.54 Å². The standard InChI is InChI=1S/C10H8ClN3O/c11-5-6-13-10(7-12)8-3-1-2-4-9(8)14(13)15/h1-4H,5-6H2. The Morgan fingerprint density at radius 2 is 2.20 bits per heavy atom. The zero-order chi connectivity index (χ0) is 10.8. The van der Waals surface area contributed by atoms with Crippen molar-refractivity contribution in [3.05, 3.63) is 35.2 Å². The molecule has 0 saturated carbocycles. The number of nitrogens with zero attached hydrogens (tertiary/aromatic N) is 3. The molecule has 1 aromatic carbocycles. The van der Waals surface area contributed by atoms with Crippen molar-refractivity contribution >= 4 is 22.5 Å². The molecule has 0 amide bonds. The second kappa shape index (κ2) is 3.79. The lowest BCUT2D eigenvalue weighted by molar-refractivity contribution is -0.670. The Kier molecular flexibility index (Phi) is 2.48. The number of hydrogen-bond acceptors (Lipinski definition) is 2. The summed E-state index contributed by atoms with van der Waals surface area (Å²) in [5, 5.41) is 21.4. The highest BCUT2D eigenvalue weighted by Crippen LogP contribution is 2.15. The van der Waals surface area contributed by atoms with Gasteiger partial charge in [0, 0.05) is 11.9 Å². The first kappa shape index (κ1) is 9.81. The van der Waals surface area contributed by atoms with E-state index in [2.05, 4.69) is 0 Å². The van der Waals surface area contributed by atoms with Crippen molar-refractivity contribution in [3.8, 4) is 6.07 Å². The summed E-state index contributed by atoms with van der Waals surface area (Å²) < 4.78 is 1.34. The average Bonchev–Trinajstić information content (AvgIpc) is 2.54. The third kappa shape index (κ3) is 1.41. The molecule has 1 aromatic heterocycles. The van der Waals surface area contributed by atoms with Gasteiger partial charge in [0.25, 0.3) is 5.52 Å². The third-order valence-corrected chi connectivity index (χ3v) is 2.41. The molecule has 0 bridgehead atoms. The van der Waals surface area contributed by atoms with Crippen molar-refractivity contribution in [2.75, 3.05) is 5.88 Å². The number of hydrogen-bond donors (Lipinski definition) is 0. The Bertz CT molecular complexity index is 541. The normalized spacial score (nSPS) is 10.4. The number of halogens is 1. The lowest BCUT2D eigenvalue weighted by Gasteiger charge is -2.00. The van der Waals surface area contributed by atoms with E-state index < -0.39 is 0 Å². The summed E-state index contributed by atoms with van der Waals surface area (Å²) in [6.45, 7) is 0.336. The van der Waals surface area contributed by atoms with Crippen LogP contribution in [0.15, 0.2) is 24.3 Å². The molecule has 0 radical (unpaired) electrons. The third-order valence-electron chi connectivity index (χ3n) is 2.24. The fourth-order valence-corrected chi connectivity index (χ4v) is 1.76. The number of alkyl halides is 1. The molecular formula is C10H8ClN3O. The summed E-state index contributed by atoms with van der Waals surface area (Å²) in [6, 6.07) is 9.04. The van der Waals surface area contributed by atoms with Crippen LogP contribution in [0.4, 0.5) is 0 Å². The molecular weight excluding hydrogens is 214 g/mol. The van der Waals surface area contributed by atoms with E-state index in [4.69, 9.17) is 16.9 Å². The van der Waals surface area contributed by atoms with Gasteiger partial charge in [-0.3, -0.25) is 0 Å². The lowest BCUT2D eigenvalue weighted by atomic mass is 10.2. The van der Waals surface area contributed by atoms with Crippen molar-refractivity contribution < 1.29 is 4.85 Å². The van der Waals surface area contributed by atoms with Crippen LogP contribution in [0.3, 0.4) is 0 Å². The second-order valence-corrected chi connectivity index (χ2v) is 3.44.